The second-order valence-corrected chi connectivity index (χ2v) is 7.56. The lowest BCUT2D eigenvalue weighted by Crippen LogP contribution is -2.29. The summed E-state index contributed by atoms with van der Waals surface area (Å²) in [5.74, 6) is -5.30. The van der Waals surface area contributed by atoms with Gasteiger partial charge in [-0.15, -0.1) is 0 Å². The van der Waals surface area contributed by atoms with Gasteiger partial charge in [-0.1, -0.05) is 0 Å². The van der Waals surface area contributed by atoms with Gasteiger partial charge in [0.1, 0.15) is 10.6 Å². The first-order valence-corrected chi connectivity index (χ1v) is 9.27. The van der Waals surface area contributed by atoms with Gasteiger partial charge in [-0.3, -0.25) is 4.79 Å². The number of pyridine rings is 1. The standard InChI is InChI=1S/C15H14F6N4O3S/c1-7-13(29(27,28)22-4-3-15(19,20)21)11(18)12(25(7)2)14(26)23-8-5-9(16)24-10(17)6-8/h5-6,22H,3-4H2,1-2H3,(H,23,24,26). The van der Waals surface area contributed by atoms with Crippen LogP contribution in [0.1, 0.15) is 22.6 Å². The molecule has 0 aliphatic carbocycles. The van der Waals surface area contributed by atoms with Gasteiger partial charge in [0.05, 0.1) is 12.1 Å². The molecule has 0 atom stereocenters. The number of alkyl halides is 3. The van der Waals surface area contributed by atoms with Gasteiger partial charge in [0.15, 0.2) is 5.82 Å². The third-order valence-electron chi connectivity index (χ3n) is 3.78. The Morgan fingerprint density at radius 2 is 1.72 bits per heavy atom. The predicted molar refractivity (Wildman–Crippen MR) is 88.1 cm³/mol. The first kappa shape index (κ1) is 22.7. The normalized spacial score (nSPS) is 12.3. The number of halogens is 6. The summed E-state index contributed by atoms with van der Waals surface area (Å²) in [6.07, 6.45) is -6.11. The van der Waals surface area contributed by atoms with Crippen molar-refractivity contribution in [1.82, 2.24) is 14.3 Å². The van der Waals surface area contributed by atoms with E-state index in [0.717, 1.165) is 18.5 Å². The first-order chi connectivity index (χ1) is 13.2. The van der Waals surface area contributed by atoms with Crippen LogP contribution in [0.3, 0.4) is 0 Å². The average molecular weight is 444 g/mol. The van der Waals surface area contributed by atoms with Crippen LogP contribution in [0.15, 0.2) is 17.0 Å². The highest BCUT2D eigenvalue weighted by Gasteiger charge is 2.33. The lowest BCUT2D eigenvalue weighted by molar-refractivity contribution is -0.132. The number of nitrogens with zero attached hydrogens (tertiary/aromatic N) is 2. The maximum absolute atomic E-state index is 14.7. The molecule has 0 saturated heterocycles. The third-order valence-corrected chi connectivity index (χ3v) is 5.38. The van der Waals surface area contributed by atoms with E-state index in [1.54, 1.807) is 4.72 Å². The Bertz CT molecular complexity index is 1030. The largest absolute Gasteiger partial charge is 0.390 e. The Morgan fingerprint density at radius 3 is 2.24 bits per heavy atom. The fourth-order valence-corrected chi connectivity index (χ4v) is 3.80. The fraction of sp³-hybridized carbons (Fsp3) is 0.333. The number of aromatic nitrogens is 2. The van der Waals surface area contributed by atoms with E-state index in [4.69, 9.17) is 0 Å². The van der Waals surface area contributed by atoms with Gasteiger partial charge in [-0.25, -0.2) is 17.5 Å². The number of nitrogens with one attached hydrogen (secondary N) is 2. The zero-order chi connectivity index (χ0) is 22.1. The number of anilines is 1. The molecule has 0 saturated carbocycles. The van der Waals surface area contributed by atoms with E-state index in [1.807, 2.05) is 5.32 Å². The van der Waals surface area contributed by atoms with Crippen molar-refractivity contribution in [2.75, 3.05) is 11.9 Å². The Morgan fingerprint density at radius 1 is 1.17 bits per heavy atom. The molecule has 2 aromatic rings. The van der Waals surface area contributed by atoms with Gasteiger partial charge in [-0.2, -0.15) is 26.9 Å². The molecule has 2 N–H and O–H groups in total. The molecule has 0 radical (unpaired) electrons. The van der Waals surface area contributed by atoms with Crippen LogP contribution in [0, 0.1) is 24.6 Å². The molecule has 7 nitrogen and oxygen atoms in total. The number of hydrogen-bond acceptors (Lipinski definition) is 4. The van der Waals surface area contributed by atoms with Crippen molar-refractivity contribution in [2.24, 2.45) is 7.05 Å². The van der Waals surface area contributed by atoms with Gasteiger partial charge in [0.25, 0.3) is 5.91 Å². The Kier molecular flexibility index (Phi) is 6.27. The Labute approximate surface area is 160 Å². The summed E-state index contributed by atoms with van der Waals surface area (Å²) in [5.41, 5.74) is -1.50. The number of hydrogen-bond donors (Lipinski definition) is 2. The summed E-state index contributed by atoms with van der Waals surface area (Å²) in [6, 6.07) is 1.29. The van der Waals surface area contributed by atoms with E-state index in [9.17, 15) is 39.6 Å². The van der Waals surface area contributed by atoms with Crippen molar-refractivity contribution in [2.45, 2.75) is 24.4 Å². The minimum atomic E-state index is -4.72. The van der Waals surface area contributed by atoms with Crippen molar-refractivity contribution >= 4 is 21.6 Å². The van der Waals surface area contributed by atoms with Crippen molar-refractivity contribution in [3.8, 4) is 0 Å². The van der Waals surface area contributed by atoms with Gasteiger partial charge in [-0.05, 0) is 6.92 Å². The molecule has 2 aromatic heterocycles. The molecule has 0 aliphatic heterocycles. The number of amides is 1. The number of rotatable bonds is 6. The molecular weight excluding hydrogens is 430 g/mol. The van der Waals surface area contributed by atoms with E-state index in [1.165, 1.54) is 0 Å². The van der Waals surface area contributed by atoms with Crippen LogP contribution in [0.4, 0.5) is 32.0 Å². The molecule has 14 heteroatoms. The molecule has 160 valence electrons. The highest BCUT2D eigenvalue weighted by atomic mass is 32.2. The smallest absolute Gasteiger partial charge is 0.340 e. The van der Waals surface area contributed by atoms with Crippen molar-refractivity contribution in [1.29, 1.82) is 0 Å². The summed E-state index contributed by atoms with van der Waals surface area (Å²) < 4.78 is 105. The molecule has 0 aliphatic rings. The molecule has 29 heavy (non-hydrogen) atoms. The molecule has 0 spiro atoms. The molecule has 2 rings (SSSR count). The summed E-state index contributed by atoms with van der Waals surface area (Å²) in [4.78, 5) is 14.1. The third kappa shape index (κ3) is 5.26. The zero-order valence-corrected chi connectivity index (χ0v) is 15.7. The van der Waals surface area contributed by atoms with Crippen molar-refractivity contribution in [3.63, 3.8) is 0 Å². The zero-order valence-electron chi connectivity index (χ0n) is 14.9. The Balaban J connectivity index is 2.35. The fourth-order valence-electron chi connectivity index (χ4n) is 2.42. The predicted octanol–water partition coefficient (Wildman–Crippen LogP) is 2.63. The van der Waals surface area contributed by atoms with E-state index >= 15 is 0 Å². The SMILES string of the molecule is Cc1c(S(=O)(=O)NCCC(F)(F)F)c(F)c(C(=O)Nc2cc(F)nc(F)c2)n1C. The summed E-state index contributed by atoms with van der Waals surface area (Å²) in [6.45, 7) is 0.0979. The molecule has 1 amide bonds. The van der Waals surface area contributed by atoms with Crippen LogP contribution < -0.4 is 10.0 Å². The van der Waals surface area contributed by atoms with Gasteiger partial charge in [0, 0.05) is 31.4 Å². The maximum atomic E-state index is 14.7. The van der Waals surface area contributed by atoms with Crippen LogP contribution in [-0.2, 0) is 17.1 Å². The van der Waals surface area contributed by atoms with Gasteiger partial charge >= 0.3 is 6.18 Å². The van der Waals surface area contributed by atoms with Crippen LogP contribution in [0.25, 0.3) is 0 Å². The molecule has 0 aromatic carbocycles. The van der Waals surface area contributed by atoms with Crippen LogP contribution in [0.2, 0.25) is 0 Å². The molecule has 0 bridgehead atoms. The second kappa shape index (κ2) is 8.02. The van der Waals surface area contributed by atoms with Crippen LogP contribution in [-0.4, -0.2) is 36.6 Å². The van der Waals surface area contributed by atoms with Gasteiger partial charge in [0.2, 0.25) is 21.9 Å². The Hall–Kier alpha value is -2.61. The van der Waals surface area contributed by atoms with Crippen LogP contribution >= 0.6 is 0 Å². The first-order valence-electron chi connectivity index (χ1n) is 7.78. The minimum Gasteiger partial charge on any atom is -0.340 e. The lowest BCUT2D eigenvalue weighted by atomic mass is 10.3. The average Bonchev–Trinajstić information content (AvgIpc) is 2.74. The second-order valence-electron chi connectivity index (χ2n) is 5.85. The molecule has 2 heterocycles. The highest BCUT2D eigenvalue weighted by molar-refractivity contribution is 7.89. The number of carbonyl (C=O) groups excluding carboxylic acids is 1. The van der Waals surface area contributed by atoms with E-state index in [-0.39, 0.29) is 5.69 Å². The summed E-state index contributed by atoms with van der Waals surface area (Å²) >= 11 is 0. The minimum absolute atomic E-state index is 0.278. The summed E-state index contributed by atoms with van der Waals surface area (Å²) in [5, 5.41) is 1.99. The quantitative estimate of drug-likeness (QED) is 0.529. The maximum Gasteiger partial charge on any atom is 0.390 e. The molecule has 0 unspecified atom stereocenters. The monoisotopic (exact) mass is 444 g/mol. The molecule has 0 fully saturated rings. The highest BCUT2D eigenvalue weighted by Crippen LogP contribution is 2.26. The van der Waals surface area contributed by atoms with Gasteiger partial charge < -0.3 is 9.88 Å². The molecular formula is C15H14F6N4O3S. The number of sulfonamides is 1. The topological polar surface area (TPSA) is 93.1 Å². The van der Waals surface area contributed by atoms with Crippen molar-refractivity contribution in [3.05, 3.63) is 41.2 Å². The van der Waals surface area contributed by atoms with E-state index in [2.05, 4.69) is 4.98 Å². The van der Waals surface area contributed by atoms with E-state index in [0.29, 0.717) is 12.1 Å². The lowest BCUT2D eigenvalue weighted by Gasteiger charge is -2.08. The van der Waals surface area contributed by atoms with Crippen molar-refractivity contribution < 1.29 is 39.6 Å². The number of carbonyl (C=O) groups is 1. The van der Waals surface area contributed by atoms with E-state index < -0.39 is 69.1 Å². The summed E-state index contributed by atoms with van der Waals surface area (Å²) in [7, 11) is -3.59. The van der Waals surface area contributed by atoms with Crippen LogP contribution in [0.5, 0.6) is 0 Å².